The van der Waals surface area contributed by atoms with Gasteiger partial charge in [0.15, 0.2) is 0 Å². The van der Waals surface area contributed by atoms with E-state index >= 15 is 0 Å². The van der Waals surface area contributed by atoms with Crippen molar-refractivity contribution < 1.29 is 5.11 Å². The summed E-state index contributed by atoms with van der Waals surface area (Å²) in [5.41, 5.74) is 1.15. The number of rotatable bonds is 4. The topological polar surface area (TPSA) is 84.8 Å². The van der Waals surface area contributed by atoms with Crippen LogP contribution in [0.25, 0.3) is 11.4 Å². The van der Waals surface area contributed by atoms with Crippen molar-refractivity contribution in [3.05, 3.63) is 95.5 Å². The third-order valence-electron chi connectivity index (χ3n) is 3.94. The van der Waals surface area contributed by atoms with E-state index in [9.17, 15) is 9.90 Å². The molecule has 7 heteroatoms. The van der Waals surface area contributed by atoms with Crippen molar-refractivity contribution in [1.82, 2.24) is 14.3 Å². The average Bonchev–Trinajstić information content (AvgIpc) is 2.98. The standard InChI is InChI=1S/C20H15N5O2/c26-19-18(23-22-15-11-13-21-14-12-15)20(27)25(17-9-5-2-6-10-17)24(19)16-7-3-1-4-8-16/h1-14,26H. The number of hydrogen-bond donors (Lipinski definition) is 1. The predicted octanol–water partition coefficient (Wildman–Crippen LogP) is 4.14. The summed E-state index contributed by atoms with van der Waals surface area (Å²) in [6.07, 6.45) is 3.15. The Labute approximate surface area is 154 Å². The zero-order valence-corrected chi connectivity index (χ0v) is 14.2. The molecule has 2 aromatic heterocycles. The summed E-state index contributed by atoms with van der Waals surface area (Å²) in [6, 6.07) is 21.5. The van der Waals surface area contributed by atoms with E-state index in [0.29, 0.717) is 17.1 Å². The molecule has 0 amide bonds. The molecule has 4 aromatic rings. The monoisotopic (exact) mass is 357 g/mol. The van der Waals surface area contributed by atoms with Crippen molar-refractivity contribution in [2.75, 3.05) is 0 Å². The van der Waals surface area contributed by atoms with Gasteiger partial charge in [0.25, 0.3) is 0 Å². The van der Waals surface area contributed by atoms with E-state index < -0.39 is 5.56 Å². The number of pyridine rings is 1. The fourth-order valence-corrected chi connectivity index (χ4v) is 2.70. The molecule has 0 aliphatic heterocycles. The van der Waals surface area contributed by atoms with Gasteiger partial charge in [0.2, 0.25) is 11.6 Å². The molecule has 0 aliphatic rings. The molecule has 2 aromatic carbocycles. The summed E-state index contributed by atoms with van der Waals surface area (Å²) in [6.45, 7) is 0. The predicted molar refractivity (Wildman–Crippen MR) is 101 cm³/mol. The van der Waals surface area contributed by atoms with E-state index in [4.69, 9.17) is 0 Å². The molecular weight excluding hydrogens is 342 g/mol. The lowest BCUT2D eigenvalue weighted by Gasteiger charge is -2.12. The Kier molecular flexibility index (Phi) is 4.32. The van der Waals surface area contributed by atoms with Gasteiger partial charge in [0, 0.05) is 12.4 Å². The summed E-state index contributed by atoms with van der Waals surface area (Å²) in [5.74, 6) is -0.284. The molecule has 27 heavy (non-hydrogen) atoms. The molecule has 0 atom stereocenters. The molecule has 0 bridgehead atoms. The van der Waals surface area contributed by atoms with Crippen molar-refractivity contribution in [3.8, 4) is 17.3 Å². The molecule has 0 spiro atoms. The number of nitrogens with zero attached hydrogens (tertiary/aromatic N) is 5. The quantitative estimate of drug-likeness (QED) is 0.557. The first-order valence-electron chi connectivity index (χ1n) is 8.25. The Hall–Kier alpha value is -4.00. The highest BCUT2D eigenvalue weighted by molar-refractivity contribution is 5.53. The zero-order valence-electron chi connectivity index (χ0n) is 14.2. The lowest BCUT2D eigenvalue weighted by atomic mass is 10.3. The fourth-order valence-electron chi connectivity index (χ4n) is 2.70. The van der Waals surface area contributed by atoms with E-state index in [1.165, 1.54) is 9.36 Å². The van der Waals surface area contributed by atoms with Crippen LogP contribution < -0.4 is 5.56 Å². The van der Waals surface area contributed by atoms with Crippen LogP contribution in [-0.4, -0.2) is 19.5 Å². The fraction of sp³-hybridized carbons (Fsp3) is 0. The second-order valence-electron chi connectivity index (χ2n) is 5.68. The first kappa shape index (κ1) is 16.5. The lowest BCUT2D eigenvalue weighted by molar-refractivity contribution is 0.426. The van der Waals surface area contributed by atoms with Gasteiger partial charge in [-0.1, -0.05) is 36.4 Å². The maximum atomic E-state index is 13.0. The summed E-state index contributed by atoms with van der Waals surface area (Å²) in [5, 5.41) is 18.8. The second-order valence-corrected chi connectivity index (χ2v) is 5.68. The minimum atomic E-state index is -0.472. The van der Waals surface area contributed by atoms with Crippen LogP contribution in [0.1, 0.15) is 0 Å². The van der Waals surface area contributed by atoms with Crippen LogP contribution in [0, 0.1) is 0 Å². The zero-order chi connectivity index (χ0) is 18.6. The van der Waals surface area contributed by atoms with E-state index in [-0.39, 0.29) is 11.6 Å². The Balaban J connectivity index is 1.93. The highest BCUT2D eigenvalue weighted by Gasteiger charge is 2.22. The minimum Gasteiger partial charge on any atom is -0.492 e. The van der Waals surface area contributed by atoms with Gasteiger partial charge in [-0.05, 0) is 36.4 Å². The van der Waals surface area contributed by atoms with E-state index in [2.05, 4.69) is 15.2 Å². The van der Waals surface area contributed by atoms with Gasteiger partial charge in [-0.2, -0.15) is 5.11 Å². The first-order valence-corrected chi connectivity index (χ1v) is 8.25. The highest BCUT2D eigenvalue weighted by atomic mass is 16.3. The number of hydrogen-bond acceptors (Lipinski definition) is 5. The maximum absolute atomic E-state index is 13.0. The Morgan fingerprint density at radius 1 is 0.741 bits per heavy atom. The van der Waals surface area contributed by atoms with Crippen LogP contribution in [-0.2, 0) is 0 Å². The molecule has 0 unspecified atom stereocenters. The maximum Gasteiger partial charge on any atom is 0.303 e. The summed E-state index contributed by atoms with van der Waals surface area (Å²) in [4.78, 5) is 16.9. The van der Waals surface area contributed by atoms with E-state index in [1.54, 1.807) is 48.8 Å². The average molecular weight is 357 g/mol. The van der Waals surface area contributed by atoms with E-state index in [0.717, 1.165) is 0 Å². The number of azo groups is 1. The molecule has 0 aliphatic carbocycles. The van der Waals surface area contributed by atoms with Crippen molar-refractivity contribution in [2.24, 2.45) is 10.2 Å². The molecule has 0 fully saturated rings. The van der Waals surface area contributed by atoms with Crippen LogP contribution >= 0.6 is 0 Å². The van der Waals surface area contributed by atoms with E-state index in [1.807, 2.05) is 36.4 Å². The molecule has 0 radical (unpaired) electrons. The normalized spacial score (nSPS) is 11.1. The third-order valence-corrected chi connectivity index (χ3v) is 3.94. The van der Waals surface area contributed by atoms with Gasteiger partial charge in [-0.3, -0.25) is 9.78 Å². The number of benzene rings is 2. The van der Waals surface area contributed by atoms with Crippen LogP contribution in [0.5, 0.6) is 5.88 Å². The third kappa shape index (κ3) is 3.13. The van der Waals surface area contributed by atoms with Gasteiger partial charge in [-0.25, -0.2) is 9.36 Å². The van der Waals surface area contributed by atoms with Gasteiger partial charge < -0.3 is 5.11 Å². The van der Waals surface area contributed by atoms with Gasteiger partial charge in [0.1, 0.15) is 0 Å². The van der Waals surface area contributed by atoms with Gasteiger partial charge in [-0.15, -0.1) is 5.11 Å². The van der Waals surface area contributed by atoms with Crippen molar-refractivity contribution in [1.29, 1.82) is 0 Å². The molecule has 132 valence electrons. The van der Waals surface area contributed by atoms with Crippen LogP contribution in [0.4, 0.5) is 11.4 Å². The molecule has 7 nitrogen and oxygen atoms in total. The first-order chi connectivity index (χ1) is 13.3. The van der Waals surface area contributed by atoms with Crippen molar-refractivity contribution in [3.63, 3.8) is 0 Å². The molecule has 1 N–H and O–H groups in total. The largest absolute Gasteiger partial charge is 0.492 e. The number of aromatic nitrogens is 3. The van der Waals surface area contributed by atoms with Crippen LogP contribution in [0.15, 0.2) is 100 Å². The summed E-state index contributed by atoms with van der Waals surface area (Å²) in [7, 11) is 0. The lowest BCUT2D eigenvalue weighted by Crippen LogP contribution is -2.20. The van der Waals surface area contributed by atoms with Crippen LogP contribution in [0.3, 0.4) is 0 Å². The molecule has 0 saturated carbocycles. The van der Waals surface area contributed by atoms with Crippen LogP contribution in [0.2, 0.25) is 0 Å². The number of para-hydroxylation sites is 2. The molecule has 0 saturated heterocycles. The number of aromatic hydroxyl groups is 1. The van der Waals surface area contributed by atoms with Crippen molar-refractivity contribution in [2.45, 2.75) is 0 Å². The smallest absolute Gasteiger partial charge is 0.303 e. The van der Waals surface area contributed by atoms with Crippen molar-refractivity contribution >= 4 is 11.4 Å². The Morgan fingerprint density at radius 3 is 1.89 bits per heavy atom. The Morgan fingerprint density at radius 2 is 1.30 bits per heavy atom. The molecular formula is C20H15N5O2. The highest BCUT2D eigenvalue weighted by Crippen LogP contribution is 2.29. The van der Waals surface area contributed by atoms with Gasteiger partial charge in [0.05, 0.1) is 17.1 Å². The second kappa shape index (κ2) is 7.09. The Bertz CT molecular complexity index is 1130. The molecule has 4 rings (SSSR count). The van der Waals surface area contributed by atoms with Gasteiger partial charge >= 0.3 is 5.56 Å². The SMILES string of the molecule is O=c1c(N=Nc2ccncc2)c(O)n(-c2ccccc2)n1-c1ccccc1. The summed E-state index contributed by atoms with van der Waals surface area (Å²) < 4.78 is 2.78. The molecule has 2 heterocycles. The minimum absolute atomic E-state index is 0.139. The summed E-state index contributed by atoms with van der Waals surface area (Å²) >= 11 is 0.